The van der Waals surface area contributed by atoms with Gasteiger partial charge in [0, 0.05) is 17.3 Å². The van der Waals surface area contributed by atoms with E-state index in [1.165, 1.54) is 0 Å². The van der Waals surface area contributed by atoms with E-state index in [-0.39, 0.29) is 0 Å². The van der Waals surface area contributed by atoms with E-state index in [2.05, 4.69) is 4.98 Å². The second-order valence-corrected chi connectivity index (χ2v) is 2.98. The number of anilines is 1. The van der Waals surface area contributed by atoms with Gasteiger partial charge in [-0.15, -0.1) is 0 Å². The summed E-state index contributed by atoms with van der Waals surface area (Å²) in [5.41, 5.74) is 7.18. The first-order valence-corrected chi connectivity index (χ1v) is 3.95. The summed E-state index contributed by atoms with van der Waals surface area (Å²) in [6, 6.07) is 7.25. The summed E-state index contributed by atoms with van der Waals surface area (Å²) in [6.45, 7) is 0. The average Bonchev–Trinajstić information content (AvgIpc) is 2.07. The Labute approximate surface area is 75.0 Å². The highest BCUT2D eigenvalue weighted by Gasteiger charge is 1.98. The van der Waals surface area contributed by atoms with Crippen molar-refractivity contribution in [1.29, 1.82) is 0 Å². The van der Waals surface area contributed by atoms with E-state index in [1.54, 1.807) is 12.3 Å². The molecule has 0 radical (unpaired) electrons. The van der Waals surface area contributed by atoms with Crippen molar-refractivity contribution in [3.8, 4) is 0 Å². The molecule has 0 unspecified atom stereocenters. The van der Waals surface area contributed by atoms with E-state index < -0.39 is 0 Å². The highest BCUT2D eigenvalue weighted by molar-refractivity contribution is 6.35. The molecule has 2 rings (SSSR count). The summed E-state index contributed by atoms with van der Waals surface area (Å²) in [6.07, 6.45) is 1.68. The lowest BCUT2D eigenvalue weighted by Gasteiger charge is -1.99. The van der Waals surface area contributed by atoms with Gasteiger partial charge in [-0.3, -0.25) is 4.98 Å². The van der Waals surface area contributed by atoms with Crippen LogP contribution in [0.5, 0.6) is 0 Å². The van der Waals surface area contributed by atoms with Gasteiger partial charge in [0.1, 0.15) is 0 Å². The lowest BCUT2D eigenvalue weighted by Crippen LogP contribution is -1.85. The van der Waals surface area contributed by atoms with Crippen LogP contribution in [0.25, 0.3) is 10.9 Å². The molecular formula is C9H7ClN2. The highest BCUT2D eigenvalue weighted by Crippen LogP contribution is 2.22. The third-order valence-electron chi connectivity index (χ3n) is 1.71. The molecule has 0 bridgehead atoms. The highest BCUT2D eigenvalue weighted by atomic mass is 35.5. The number of hydrogen-bond donors (Lipinski definition) is 1. The zero-order valence-corrected chi connectivity index (χ0v) is 7.05. The Bertz CT molecular complexity index is 426. The largest absolute Gasteiger partial charge is 0.399 e. The first-order chi connectivity index (χ1) is 5.77. The molecule has 2 N–H and O–H groups in total. The number of halogens is 1. The molecule has 12 heavy (non-hydrogen) atoms. The summed E-state index contributed by atoms with van der Waals surface area (Å²) in [5.74, 6) is 0. The lowest BCUT2D eigenvalue weighted by molar-refractivity contribution is 1.41. The van der Waals surface area contributed by atoms with Crippen molar-refractivity contribution in [1.82, 2.24) is 4.98 Å². The molecule has 1 heterocycles. The summed E-state index contributed by atoms with van der Waals surface area (Å²) in [7, 11) is 0. The SMILES string of the molecule is Nc1ccc2nccc(Cl)c2c1. The number of hydrogen-bond acceptors (Lipinski definition) is 2. The summed E-state index contributed by atoms with van der Waals surface area (Å²) in [5, 5.41) is 1.59. The second kappa shape index (κ2) is 2.64. The lowest BCUT2D eigenvalue weighted by atomic mass is 10.2. The van der Waals surface area contributed by atoms with Crippen LogP contribution >= 0.6 is 11.6 Å². The van der Waals surface area contributed by atoms with Crippen molar-refractivity contribution < 1.29 is 0 Å². The molecule has 2 aromatic rings. The van der Waals surface area contributed by atoms with Crippen LogP contribution in [-0.4, -0.2) is 4.98 Å². The Morgan fingerprint density at radius 3 is 2.92 bits per heavy atom. The number of nitrogen functional groups attached to an aromatic ring is 1. The Kier molecular flexibility index (Phi) is 1.62. The van der Waals surface area contributed by atoms with Crippen molar-refractivity contribution in [2.75, 3.05) is 5.73 Å². The molecule has 0 aliphatic heterocycles. The van der Waals surface area contributed by atoms with Crippen molar-refractivity contribution in [3.05, 3.63) is 35.5 Å². The third-order valence-corrected chi connectivity index (χ3v) is 2.04. The van der Waals surface area contributed by atoms with Crippen LogP contribution in [0.15, 0.2) is 30.5 Å². The van der Waals surface area contributed by atoms with Crippen molar-refractivity contribution in [3.63, 3.8) is 0 Å². The molecule has 60 valence electrons. The maximum Gasteiger partial charge on any atom is 0.0718 e. The maximum atomic E-state index is 5.93. The van der Waals surface area contributed by atoms with Gasteiger partial charge in [-0.05, 0) is 24.3 Å². The Morgan fingerprint density at radius 1 is 1.25 bits per heavy atom. The van der Waals surface area contributed by atoms with E-state index in [9.17, 15) is 0 Å². The smallest absolute Gasteiger partial charge is 0.0718 e. The molecule has 0 spiro atoms. The van der Waals surface area contributed by atoms with Crippen LogP contribution in [0.2, 0.25) is 5.02 Å². The van der Waals surface area contributed by atoms with E-state index >= 15 is 0 Å². The summed E-state index contributed by atoms with van der Waals surface area (Å²) < 4.78 is 0. The number of fused-ring (bicyclic) bond motifs is 1. The molecule has 0 aliphatic rings. The first-order valence-electron chi connectivity index (χ1n) is 3.57. The summed E-state index contributed by atoms with van der Waals surface area (Å²) in [4.78, 5) is 4.14. The van der Waals surface area contributed by atoms with Gasteiger partial charge in [0.2, 0.25) is 0 Å². The van der Waals surface area contributed by atoms with Gasteiger partial charge in [-0.2, -0.15) is 0 Å². The second-order valence-electron chi connectivity index (χ2n) is 2.57. The number of pyridine rings is 1. The fourth-order valence-corrected chi connectivity index (χ4v) is 1.34. The minimum Gasteiger partial charge on any atom is -0.399 e. The van der Waals surface area contributed by atoms with Crippen LogP contribution in [-0.2, 0) is 0 Å². The van der Waals surface area contributed by atoms with Gasteiger partial charge in [-0.25, -0.2) is 0 Å². The fourth-order valence-electron chi connectivity index (χ4n) is 1.13. The molecule has 0 amide bonds. The molecule has 2 nitrogen and oxygen atoms in total. The quantitative estimate of drug-likeness (QED) is 0.630. The summed E-state index contributed by atoms with van der Waals surface area (Å²) >= 11 is 5.93. The molecular weight excluding hydrogens is 172 g/mol. The van der Waals surface area contributed by atoms with Crippen LogP contribution in [0.4, 0.5) is 5.69 Å². The molecule has 0 fully saturated rings. The molecule has 0 atom stereocenters. The van der Waals surface area contributed by atoms with E-state index in [1.807, 2.05) is 18.2 Å². The number of rotatable bonds is 0. The molecule has 0 aliphatic carbocycles. The molecule has 0 saturated carbocycles. The standard InChI is InChI=1S/C9H7ClN2/c10-8-3-4-12-9-2-1-6(11)5-7(8)9/h1-5H,11H2. The topological polar surface area (TPSA) is 38.9 Å². The van der Waals surface area contributed by atoms with Crippen LogP contribution in [0.1, 0.15) is 0 Å². The Balaban J connectivity index is 2.88. The van der Waals surface area contributed by atoms with Gasteiger partial charge in [0.05, 0.1) is 10.5 Å². The van der Waals surface area contributed by atoms with Crippen LogP contribution in [0.3, 0.4) is 0 Å². The maximum absolute atomic E-state index is 5.93. The van der Waals surface area contributed by atoms with E-state index in [0.717, 1.165) is 10.9 Å². The molecule has 1 aromatic heterocycles. The molecule has 1 aromatic carbocycles. The number of benzene rings is 1. The first kappa shape index (κ1) is 7.37. The van der Waals surface area contributed by atoms with Crippen molar-refractivity contribution in [2.24, 2.45) is 0 Å². The third kappa shape index (κ3) is 1.10. The molecule has 0 saturated heterocycles. The number of nitrogens with zero attached hydrogens (tertiary/aromatic N) is 1. The predicted octanol–water partition coefficient (Wildman–Crippen LogP) is 2.47. The van der Waals surface area contributed by atoms with Crippen LogP contribution < -0.4 is 5.73 Å². The predicted molar refractivity (Wildman–Crippen MR) is 51.2 cm³/mol. The van der Waals surface area contributed by atoms with Gasteiger partial charge in [0.15, 0.2) is 0 Å². The monoisotopic (exact) mass is 178 g/mol. The van der Waals surface area contributed by atoms with Gasteiger partial charge >= 0.3 is 0 Å². The van der Waals surface area contributed by atoms with Crippen molar-refractivity contribution >= 4 is 28.2 Å². The van der Waals surface area contributed by atoms with Gasteiger partial charge in [0.25, 0.3) is 0 Å². The normalized spacial score (nSPS) is 10.4. The minimum absolute atomic E-state index is 0.687. The molecule has 3 heteroatoms. The zero-order chi connectivity index (χ0) is 8.55. The fraction of sp³-hybridized carbons (Fsp3) is 0. The number of aromatic nitrogens is 1. The number of nitrogens with two attached hydrogens (primary N) is 1. The minimum atomic E-state index is 0.687. The van der Waals surface area contributed by atoms with Crippen molar-refractivity contribution in [2.45, 2.75) is 0 Å². The average molecular weight is 179 g/mol. The van der Waals surface area contributed by atoms with Crippen LogP contribution in [0, 0.1) is 0 Å². The Hall–Kier alpha value is -1.28. The van der Waals surface area contributed by atoms with Gasteiger partial charge < -0.3 is 5.73 Å². The van der Waals surface area contributed by atoms with Gasteiger partial charge in [-0.1, -0.05) is 11.6 Å². The van der Waals surface area contributed by atoms with E-state index in [4.69, 9.17) is 17.3 Å². The Morgan fingerprint density at radius 2 is 2.08 bits per heavy atom. The zero-order valence-electron chi connectivity index (χ0n) is 6.29. The van der Waals surface area contributed by atoms with E-state index in [0.29, 0.717) is 10.7 Å².